The molecule has 0 aliphatic rings. The van der Waals surface area contributed by atoms with Crippen molar-refractivity contribution in [2.45, 2.75) is 58.9 Å². The minimum atomic E-state index is 0. The Hall–Kier alpha value is -6.99. The van der Waals surface area contributed by atoms with Crippen LogP contribution >= 0.6 is 0 Å². The van der Waals surface area contributed by atoms with Crippen LogP contribution in [0.3, 0.4) is 0 Å². The fourth-order valence-electron chi connectivity index (χ4n) is 10.4. The minimum Gasteiger partial charge on any atom is -0.287 e. The number of fused-ring (bicyclic) bond motifs is 4. The van der Waals surface area contributed by atoms with Crippen LogP contribution in [0.25, 0.3) is 43.1 Å². The van der Waals surface area contributed by atoms with Crippen LogP contribution in [0.2, 0.25) is 0 Å². The standard InChI is InChI=1S/C40H36N6.C27H23N3.3Zn/c1-2-18-36-35(17-1)39(29-45(25-31-13-5-9-21-41-31)26-32-14-6-10-22-42-32)37-19-3-4-20-38(37)40(36)30-46(27-33-15-7-11-23-43-33)28-34-16-8-12-24-44-34;1-3-13-25-21(9-1)17-22-10-2-4-14-26(22)27(25)20-30(18-23-11-5-7-15-28-23)19-24-12-6-8-16-29-24;;;/h1-24H,25-30H2;1-17H,18-20H2;;;. The van der Waals surface area contributed by atoms with Gasteiger partial charge in [0.15, 0.2) is 0 Å². The number of aromatic nitrogens is 6. The smallest absolute Gasteiger partial charge is 0.0544 e. The molecular formula is C67H59N9Zn3. The van der Waals surface area contributed by atoms with Gasteiger partial charge in [0.2, 0.25) is 0 Å². The number of rotatable bonds is 18. The Morgan fingerprint density at radius 2 is 0.418 bits per heavy atom. The van der Waals surface area contributed by atoms with E-state index in [2.05, 4.69) is 221 Å². The van der Waals surface area contributed by atoms with Gasteiger partial charge in [0, 0.05) is 155 Å². The molecule has 79 heavy (non-hydrogen) atoms. The SMILES string of the molecule is [Zn].[Zn].[Zn].c1ccc(CN(Cc2ccccn2)Cc2c3ccccc3c(CN(Cc3ccccn3)Cc3ccccn3)c3ccccc23)nc1.c1ccc(CN(Cc2ccccn2)Cc2c3ccccc3cc3ccccc23)nc1. The summed E-state index contributed by atoms with van der Waals surface area (Å²) in [5, 5.41) is 10.3. The third-order valence-electron chi connectivity index (χ3n) is 13.9. The fourth-order valence-corrected chi connectivity index (χ4v) is 10.4. The normalized spacial score (nSPS) is 11.0. The molecule has 6 aromatic carbocycles. The first-order valence-electron chi connectivity index (χ1n) is 26.0. The topological polar surface area (TPSA) is 87.1 Å². The summed E-state index contributed by atoms with van der Waals surface area (Å²) in [4.78, 5) is 35.1. The molecule has 12 aromatic rings. The molecule has 0 amide bonds. The molecule has 0 saturated heterocycles. The molecule has 0 unspecified atom stereocenters. The molecule has 6 aromatic heterocycles. The Morgan fingerprint density at radius 1 is 0.215 bits per heavy atom. The first-order chi connectivity index (χ1) is 37.7. The van der Waals surface area contributed by atoms with Crippen molar-refractivity contribution >= 4 is 43.1 Å². The molecule has 9 nitrogen and oxygen atoms in total. The van der Waals surface area contributed by atoms with Crippen molar-refractivity contribution in [3.8, 4) is 0 Å². The van der Waals surface area contributed by atoms with Gasteiger partial charge in [-0.15, -0.1) is 0 Å². The molecule has 0 bridgehead atoms. The molecule has 0 aliphatic carbocycles. The van der Waals surface area contributed by atoms with Crippen LogP contribution in [0.5, 0.6) is 0 Å². The average Bonchev–Trinajstić information content (AvgIpc) is 3.52. The number of benzene rings is 6. The van der Waals surface area contributed by atoms with Crippen molar-refractivity contribution in [2.24, 2.45) is 0 Å². The zero-order valence-corrected chi connectivity index (χ0v) is 53.6. The fraction of sp³-hybridized carbons (Fsp3) is 0.134. The molecule has 0 fully saturated rings. The van der Waals surface area contributed by atoms with Crippen LogP contribution in [0.4, 0.5) is 0 Å². The summed E-state index contributed by atoms with van der Waals surface area (Å²) in [6, 6.07) is 74.1. The van der Waals surface area contributed by atoms with E-state index in [0.29, 0.717) is 0 Å². The minimum absolute atomic E-state index is 0. The largest absolute Gasteiger partial charge is 0.287 e. The van der Waals surface area contributed by atoms with Crippen molar-refractivity contribution in [1.29, 1.82) is 0 Å². The third-order valence-corrected chi connectivity index (χ3v) is 13.9. The van der Waals surface area contributed by atoms with Gasteiger partial charge in [-0.3, -0.25) is 44.6 Å². The Kier molecular flexibility index (Phi) is 21.6. The molecule has 0 spiro atoms. The molecule has 6 heterocycles. The second-order valence-electron chi connectivity index (χ2n) is 19.2. The van der Waals surface area contributed by atoms with E-state index in [1.54, 1.807) is 0 Å². The van der Waals surface area contributed by atoms with Crippen molar-refractivity contribution in [3.05, 3.63) is 300 Å². The average molecular weight is 1190 g/mol. The van der Waals surface area contributed by atoms with E-state index < -0.39 is 0 Å². The third kappa shape index (κ3) is 15.2. The molecule has 0 aliphatic heterocycles. The zero-order valence-electron chi connectivity index (χ0n) is 44.7. The van der Waals surface area contributed by atoms with Gasteiger partial charge in [0.05, 0.1) is 34.2 Å². The van der Waals surface area contributed by atoms with E-state index in [4.69, 9.17) is 0 Å². The predicted molar refractivity (Wildman–Crippen MR) is 307 cm³/mol. The van der Waals surface area contributed by atoms with Gasteiger partial charge in [-0.1, -0.05) is 133 Å². The molecule has 0 N–H and O–H groups in total. The zero-order chi connectivity index (χ0) is 51.1. The van der Waals surface area contributed by atoms with E-state index >= 15 is 0 Å². The van der Waals surface area contributed by atoms with E-state index in [-0.39, 0.29) is 58.4 Å². The van der Waals surface area contributed by atoms with E-state index in [9.17, 15) is 0 Å². The molecule has 0 atom stereocenters. The quantitative estimate of drug-likeness (QED) is 0.0616. The van der Waals surface area contributed by atoms with Crippen molar-refractivity contribution in [2.75, 3.05) is 0 Å². The molecular weight excluding hydrogens is 1130 g/mol. The predicted octanol–water partition coefficient (Wildman–Crippen LogP) is 14.0. The van der Waals surface area contributed by atoms with Crippen LogP contribution in [0, 0.1) is 0 Å². The van der Waals surface area contributed by atoms with Crippen molar-refractivity contribution < 1.29 is 58.4 Å². The van der Waals surface area contributed by atoms with E-state index in [0.717, 1.165) is 93.1 Å². The maximum atomic E-state index is 4.66. The maximum Gasteiger partial charge on any atom is 0.0544 e. The first-order valence-corrected chi connectivity index (χ1v) is 26.0. The van der Waals surface area contributed by atoms with Gasteiger partial charge < -0.3 is 0 Å². The van der Waals surface area contributed by atoms with Crippen molar-refractivity contribution in [1.82, 2.24) is 44.6 Å². The summed E-state index contributed by atoms with van der Waals surface area (Å²) in [7, 11) is 0. The molecule has 12 rings (SSSR count). The number of hydrogen-bond donors (Lipinski definition) is 0. The number of hydrogen-bond acceptors (Lipinski definition) is 9. The number of nitrogens with zero attached hydrogens (tertiary/aromatic N) is 9. The Labute approximate surface area is 501 Å². The summed E-state index contributed by atoms with van der Waals surface area (Å²) in [6.07, 6.45) is 11.2. The Balaban J connectivity index is 0.000000217. The summed E-state index contributed by atoms with van der Waals surface area (Å²) >= 11 is 0. The molecule has 12 heteroatoms. The van der Waals surface area contributed by atoms with Crippen LogP contribution < -0.4 is 0 Å². The van der Waals surface area contributed by atoms with Gasteiger partial charge >= 0.3 is 0 Å². The maximum absolute atomic E-state index is 4.66. The Morgan fingerprint density at radius 3 is 0.646 bits per heavy atom. The summed E-state index contributed by atoms with van der Waals surface area (Å²) < 4.78 is 0. The molecule has 0 saturated carbocycles. The summed E-state index contributed by atoms with van der Waals surface area (Å²) in [6.45, 7) is 6.81. The number of pyridine rings is 6. The summed E-state index contributed by atoms with van der Waals surface area (Å²) in [5.74, 6) is 0. The second kappa shape index (κ2) is 29.3. The van der Waals surface area contributed by atoms with Gasteiger partial charge in [-0.25, -0.2) is 0 Å². The van der Waals surface area contributed by atoms with Crippen LogP contribution in [0.15, 0.2) is 250 Å². The van der Waals surface area contributed by atoms with E-state index in [1.807, 2.05) is 73.6 Å². The summed E-state index contributed by atoms with van der Waals surface area (Å²) in [5.41, 5.74) is 10.3. The molecule has 378 valence electrons. The van der Waals surface area contributed by atoms with Gasteiger partial charge in [-0.05, 0) is 139 Å². The van der Waals surface area contributed by atoms with Crippen molar-refractivity contribution in [3.63, 3.8) is 0 Å². The van der Waals surface area contributed by atoms with Crippen LogP contribution in [0.1, 0.15) is 50.9 Å². The van der Waals surface area contributed by atoms with Gasteiger partial charge in [0.1, 0.15) is 0 Å². The van der Waals surface area contributed by atoms with Gasteiger partial charge in [0.25, 0.3) is 0 Å². The van der Waals surface area contributed by atoms with Gasteiger partial charge in [-0.2, -0.15) is 0 Å². The first kappa shape index (κ1) is 58.2. The van der Waals surface area contributed by atoms with Crippen LogP contribution in [-0.4, -0.2) is 44.6 Å². The Bertz CT molecular complexity index is 3390. The second-order valence-corrected chi connectivity index (χ2v) is 19.2. The van der Waals surface area contributed by atoms with Crippen LogP contribution in [-0.2, 0) is 117 Å². The molecule has 0 radical (unpaired) electrons. The van der Waals surface area contributed by atoms with E-state index in [1.165, 1.54) is 59.8 Å². The monoisotopic (exact) mass is 1180 g/mol.